The molecule has 12 rings (SSSR count). The topological polar surface area (TPSA) is 68.3 Å². The molecular weight excluding hydrogens is 919 g/mol. The SMILES string of the molecule is O=C1c2ccccc2CCC1(F)Cc1ccccc1.O=C1c2ccccc2CCC1(F)Cc1ccccc1.O=C1c2ccccc2CCC1Cc1ccccc1.O=C1c2ccccc2CCC1Cc1ccccc1. The van der Waals surface area contributed by atoms with E-state index in [-0.39, 0.29) is 49.1 Å². The van der Waals surface area contributed by atoms with Gasteiger partial charge in [0, 0.05) is 46.9 Å². The molecular formula is C68H62F2O4. The normalized spacial score (nSPS) is 20.3. The third kappa shape index (κ3) is 12.4. The zero-order valence-electron chi connectivity index (χ0n) is 41.8. The van der Waals surface area contributed by atoms with Gasteiger partial charge < -0.3 is 0 Å². The average Bonchev–Trinajstić information content (AvgIpc) is 3.44. The van der Waals surface area contributed by atoms with Gasteiger partial charge in [0.05, 0.1) is 0 Å². The van der Waals surface area contributed by atoms with Gasteiger partial charge in [-0.2, -0.15) is 0 Å². The number of carbonyl (C=O) groups is 4. The van der Waals surface area contributed by atoms with Crippen molar-refractivity contribution in [3.05, 3.63) is 285 Å². The molecule has 372 valence electrons. The summed E-state index contributed by atoms with van der Waals surface area (Å²) in [7, 11) is 0. The number of hydrogen-bond acceptors (Lipinski definition) is 4. The molecule has 0 radical (unpaired) electrons. The van der Waals surface area contributed by atoms with Gasteiger partial charge in [-0.1, -0.05) is 218 Å². The Hall–Kier alpha value is -7.70. The summed E-state index contributed by atoms with van der Waals surface area (Å²) in [5, 5.41) is 0. The largest absolute Gasteiger partial charge is 0.294 e. The van der Waals surface area contributed by atoms with E-state index in [4.69, 9.17) is 0 Å². The van der Waals surface area contributed by atoms with Gasteiger partial charge in [-0.15, -0.1) is 0 Å². The first-order valence-electron chi connectivity index (χ1n) is 26.1. The molecule has 4 atom stereocenters. The van der Waals surface area contributed by atoms with Crippen molar-refractivity contribution < 1.29 is 28.0 Å². The summed E-state index contributed by atoms with van der Waals surface area (Å²) in [6.07, 6.45) is 7.89. The Morgan fingerprint density at radius 1 is 0.324 bits per heavy atom. The van der Waals surface area contributed by atoms with Crippen LogP contribution in [0.2, 0.25) is 0 Å². The van der Waals surface area contributed by atoms with Crippen molar-refractivity contribution in [3.63, 3.8) is 0 Å². The second-order valence-electron chi connectivity index (χ2n) is 20.1. The summed E-state index contributed by atoms with van der Waals surface area (Å²) < 4.78 is 30.0. The molecule has 0 N–H and O–H groups in total. The maximum absolute atomic E-state index is 15.0. The van der Waals surface area contributed by atoms with Gasteiger partial charge in [0.2, 0.25) is 11.6 Å². The smallest absolute Gasteiger partial charge is 0.200 e. The third-order valence-corrected chi connectivity index (χ3v) is 15.1. The predicted octanol–water partition coefficient (Wildman–Crippen LogP) is 14.9. The number of halogens is 2. The zero-order chi connectivity index (χ0) is 51.3. The van der Waals surface area contributed by atoms with Crippen LogP contribution in [-0.4, -0.2) is 34.5 Å². The van der Waals surface area contributed by atoms with E-state index >= 15 is 0 Å². The molecule has 0 aromatic heterocycles. The number of hydrogen-bond donors (Lipinski definition) is 0. The van der Waals surface area contributed by atoms with Crippen molar-refractivity contribution in [1.29, 1.82) is 0 Å². The molecule has 0 spiro atoms. The van der Waals surface area contributed by atoms with Crippen molar-refractivity contribution >= 4 is 23.1 Å². The molecule has 0 amide bonds. The molecule has 4 aliphatic rings. The summed E-state index contributed by atoms with van der Waals surface area (Å²) in [5.41, 5.74) is 8.08. The third-order valence-electron chi connectivity index (χ3n) is 15.1. The van der Waals surface area contributed by atoms with Crippen LogP contribution in [0.5, 0.6) is 0 Å². The highest BCUT2D eigenvalue weighted by Crippen LogP contribution is 2.36. The second kappa shape index (κ2) is 23.9. The first-order valence-corrected chi connectivity index (χ1v) is 26.1. The molecule has 0 saturated heterocycles. The molecule has 8 aromatic carbocycles. The molecule has 8 aromatic rings. The fourth-order valence-corrected chi connectivity index (χ4v) is 11.0. The second-order valence-corrected chi connectivity index (χ2v) is 20.1. The van der Waals surface area contributed by atoms with Gasteiger partial charge in [-0.05, 0) is 109 Å². The minimum atomic E-state index is -1.75. The number of rotatable bonds is 8. The number of benzene rings is 8. The molecule has 0 fully saturated rings. The van der Waals surface area contributed by atoms with E-state index in [1.807, 2.05) is 158 Å². The molecule has 0 saturated carbocycles. The lowest BCUT2D eigenvalue weighted by atomic mass is 9.77. The Kier molecular flexibility index (Phi) is 16.5. The van der Waals surface area contributed by atoms with Gasteiger partial charge in [0.25, 0.3) is 0 Å². The highest BCUT2D eigenvalue weighted by atomic mass is 19.1. The summed E-state index contributed by atoms with van der Waals surface area (Å²) in [4.78, 5) is 49.6. The van der Waals surface area contributed by atoms with Crippen molar-refractivity contribution in [2.75, 3.05) is 0 Å². The van der Waals surface area contributed by atoms with Crippen LogP contribution in [0.15, 0.2) is 218 Å². The maximum Gasteiger partial charge on any atom is 0.200 e. The monoisotopic (exact) mass is 980 g/mol. The number of aryl methyl sites for hydroxylation is 4. The van der Waals surface area contributed by atoms with Crippen LogP contribution in [0, 0.1) is 11.8 Å². The van der Waals surface area contributed by atoms with Crippen LogP contribution in [0.4, 0.5) is 8.78 Å². The van der Waals surface area contributed by atoms with E-state index in [0.29, 0.717) is 35.5 Å². The maximum atomic E-state index is 15.0. The van der Waals surface area contributed by atoms with Crippen molar-refractivity contribution in [2.45, 2.75) is 88.4 Å². The Morgan fingerprint density at radius 3 is 0.932 bits per heavy atom. The molecule has 4 aliphatic carbocycles. The van der Waals surface area contributed by atoms with Crippen LogP contribution < -0.4 is 0 Å². The lowest BCUT2D eigenvalue weighted by Crippen LogP contribution is -2.40. The fraction of sp³-hybridized carbons (Fsp3) is 0.235. The number of Topliss-reactive ketones (excluding diaryl/α,β-unsaturated/α-hetero) is 4. The first-order chi connectivity index (χ1) is 36.1. The molecule has 4 unspecified atom stereocenters. The van der Waals surface area contributed by atoms with E-state index in [1.54, 1.807) is 24.3 Å². The van der Waals surface area contributed by atoms with E-state index in [2.05, 4.69) is 36.4 Å². The summed E-state index contributed by atoms with van der Waals surface area (Å²) in [5.74, 6) is 0.224. The fourth-order valence-electron chi connectivity index (χ4n) is 11.0. The van der Waals surface area contributed by atoms with E-state index in [0.717, 1.165) is 71.9 Å². The van der Waals surface area contributed by atoms with Crippen LogP contribution >= 0.6 is 0 Å². The predicted molar refractivity (Wildman–Crippen MR) is 292 cm³/mol. The Morgan fingerprint density at radius 2 is 0.595 bits per heavy atom. The molecule has 0 heterocycles. The van der Waals surface area contributed by atoms with Crippen LogP contribution in [0.3, 0.4) is 0 Å². The Balaban J connectivity index is 0.000000121. The van der Waals surface area contributed by atoms with Gasteiger partial charge in [0.1, 0.15) is 0 Å². The molecule has 74 heavy (non-hydrogen) atoms. The van der Waals surface area contributed by atoms with Crippen molar-refractivity contribution in [3.8, 4) is 0 Å². The highest BCUT2D eigenvalue weighted by Gasteiger charge is 2.44. The van der Waals surface area contributed by atoms with Gasteiger partial charge in [0.15, 0.2) is 22.9 Å². The first kappa shape index (κ1) is 51.2. The highest BCUT2D eigenvalue weighted by molar-refractivity contribution is 6.05. The number of ketones is 4. The Labute approximate surface area is 434 Å². The lowest BCUT2D eigenvalue weighted by Gasteiger charge is -2.29. The Bertz CT molecular complexity index is 2970. The van der Waals surface area contributed by atoms with Crippen LogP contribution in [-0.2, 0) is 51.4 Å². The minimum absolute atomic E-state index is 0.155. The van der Waals surface area contributed by atoms with Crippen LogP contribution in [0.1, 0.15) is 112 Å². The van der Waals surface area contributed by atoms with E-state index in [1.165, 1.54) is 22.3 Å². The van der Waals surface area contributed by atoms with Gasteiger partial charge in [-0.25, -0.2) is 8.78 Å². The molecule has 0 bridgehead atoms. The molecule has 0 aliphatic heterocycles. The summed E-state index contributed by atoms with van der Waals surface area (Å²) in [6.45, 7) is 0. The summed E-state index contributed by atoms with van der Waals surface area (Å²) >= 11 is 0. The number of fused-ring (bicyclic) bond motifs is 4. The van der Waals surface area contributed by atoms with Gasteiger partial charge in [-0.3, -0.25) is 19.2 Å². The lowest BCUT2D eigenvalue weighted by molar-refractivity contribution is 0.0634. The van der Waals surface area contributed by atoms with E-state index < -0.39 is 11.3 Å². The molecule has 6 heteroatoms. The zero-order valence-corrected chi connectivity index (χ0v) is 41.8. The van der Waals surface area contributed by atoms with E-state index in [9.17, 15) is 28.0 Å². The van der Waals surface area contributed by atoms with Crippen molar-refractivity contribution in [2.24, 2.45) is 11.8 Å². The summed E-state index contributed by atoms with van der Waals surface area (Å²) in [6, 6.07) is 70.1. The number of alkyl halides is 2. The molecule has 4 nitrogen and oxygen atoms in total. The average molecular weight is 981 g/mol. The number of carbonyl (C=O) groups excluding carboxylic acids is 4. The quantitative estimate of drug-likeness (QED) is 0.152. The van der Waals surface area contributed by atoms with Crippen molar-refractivity contribution in [1.82, 2.24) is 0 Å². The van der Waals surface area contributed by atoms with Gasteiger partial charge >= 0.3 is 0 Å². The standard InChI is InChI=1S/2C17H15FO.2C17H16O/c2*18-17(12-13-6-2-1-3-7-13)11-10-14-8-4-5-9-15(14)16(17)19;2*18-17-15(12-13-6-2-1-3-7-13)11-10-14-8-4-5-9-16(14)17/h2*1-9H,10-12H2;2*1-9,15H,10-12H2. The van der Waals surface area contributed by atoms with Crippen LogP contribution in [0.25, 0.3) is 0 Å². The minimum Gasteiger partial charge on any atom is -0.294 e.